The SMILES string of the molecule is Cc1cccc(Oc2nc3c(c(=O)n(CCCCO)c(=O)n3C)n2Cc2ccc(Cl)cc2)c1. The van der Waals surface area contributed by atoms with Crippen molar-refractivity contribution in [3.63, 3.8) is 0 Å². The molecule has 2 aromatic carbocycles. The Morgan fingerprint density at radius 3 is 2.52 bits per heavy atom. The predicted octanol–water partition coefficient (Wildman–Crippen LogP) is 3.47. The Kier molecular flexibility index (Phi) is 6.67. The Morgan fingerprint density at radius 2 is 1.82 bits per heavy atom. The molecule has 0 saturated carbocycles. The van der Waals surface area contributed by atoms with Crippen LogP contribution in [-0.4, -0.2) is 30.4 Å². The van der Waals surface area contributed by atoms with E-state index < -0.39 is 11.2 Å². The fourth-order valence-electron chi connectivity index (χ4n) is 3.71. The molecule has 0 spiro atoms. The van der Waals surface area contributed by atoms with Crippen molar-refractivity contribution in [2.45, 2.75) is 32.9 Å². The van der Waals surface area contributed by atoms with Gasteiger partial charge in [0, 0.05) is 25.2 Å². The number of halogens is 1. The van der Waals surface area contributed by atoms with Crippen LogP contribution in [0.2, 0.25) is 5.02 Å². The van der Waals surface area contributed by atoms with Crippen molar-refractivity contribution < 1.29 is 9.84 Å². The van der Waals surface area contributed by atoms with E-state index in [4.69, 9.17) is 21.4 Å². The molecule has 0 saturated heterocycles. The van der Waals surface area contributed by atoms with Gasteiger partial charge in [-0.25, -0.2) is 4.79 Å². The molecule has 0 fully saturated rings. The molecule has 2 aromatic heterocycles. The minimum absolute atomic E-state index is 0.000288. The number of hydrogen-bond acceptors (Lipinski definition) is 5. The van der Waals surface area contributed by atoms with Gasteiger partial charge < -0.3 is 9.84 Å². The number of aromatic nitrogens is 4. The minimum atomic E-state index is -0.455. The smallest absolute Gasteiger partial charge is 0.332 e. The monoisotopic (exact) mass is 468 g/mol. The van der Waals surface area contributed by atoms with Crippen LogP contribution in [0.25, 0.3) is 11.2 Å². The fraction of sp³-hybridized carbons (Fsp3) is 0.292. The van der Waals surface area contributed by atoms with Crippen molar-refractivity contribution in [2.24, 2.45) is 7.05 Å². The number of imidazole rings is 1. The molecule has 0 radical (unpaired) electrons. The fourth-order valence-corrected chi connectivity index (χ4v) is 3.84. The van der Waals surface area contributed by atoms with Gasteiger partial charge in [-0.2, -0.15) is 4.98 Å². The number of hydrogen-bond donors (Lipinski definition) is 1. The van der Waals surface area contributed by atoms with Gasteiger partial charge in [0.25, 0.3) is 5.56 Å². The average Bonchev–Trinajstić information content (AvgIpc) is 3.14. The molecule has 0 bridgehead atoms. The van der Waals surface area contributed by atoms with E-state index >= 15 is 0 Å². The lowest BCUT2D eigenvalue weighted by Crippen LogP contribution is -2.39. The molecule has 0 unspecified atom stereocenters. The topological polar surface area (TPSA) is 91.3 Å². The summed E-state index contributed by atoms with van der Waals surface area (Å²) in [5.41, 5.74) is 1.55. The molecule has 0 aliphatic carbocycles. The van der Waals surface area contributed by atoms with Gasteiger partial charge in [0.2, 0.25) is 0 Å². The number of ether oxygens (including phenoxy) is 1. The number of aryl methyl sites for hydroxylation is 2. The molecule has 4 aromatic rings. The molecule has 0 aliphatic rings. The lowest BCUT2D eigenvalue weighted by atomic mass is 10.2. The van der Waals surface area contributed by atoms with Crippen LogP contribution in [0.4, 0.5) is 0 Å². The summed E-state index contributed by atoms with van der Waals surface area (Å²) in [5, 5.41) is 9.70. The van der Waals surface area contributed by atoms with Crippen LogP contribution in [0.3, 0.4) is 0 Å². The van der Waals surface area contributed by atoms with Crippen LogP contribution < -0.4 is 16.0 Å². The predicted molar refractivity (Wildman–Crippen MR) is 127 cm³/mol. The molecule has 2 heterocycles. The van der Waals surface area contributed by atoms with Crippen LogP contribution in [0, 0.1) is 6.92 Å². The summed E-state index contributed by atoms with van der Waals surface area (Å²) in [7, 11) is 1.59. The van der Waals surface area contributed by atoms with Crippen molar-refractivity contribution in [2.75, 3.05) is 6.61 Å². The third-order valence-corrected chi connectivity index (χ3v) is 5.69. The Bertz CT molecular complexity index is 1400. The second kappa shape index (κ2) is 9.64. The van der Waals surface area contributed by atoms with E-state index in [-0.39, 0.29) is 30.3 Å². The van der Waals surface area contributed by atoms with Crippen LogP contribution in [0.5, 0.6) is 11.8 Å². The maximum Gasteiger partial charge on any atom is 0.332 e. The zero-order chi connectivity index (χ0) is 23.5. The third kappa shape index (κ3) is 4.72. The van der Waals surface area contributed by atoms with Crippen molar-refractivity contribution >= 4 is 22.8 Å². The van der Waals surface area contributed by atoms with E-state index in [1.54, 1.807) is 23.7 Å². The summed E-state index contributed by atoms with van der Waals surface area (Å²) >= 11 is 6.03. The Labute approximate surface area is 195 Å². The highest BCUT2D eigenvalue weighted by Gasteiger charge is 2.22. The van der Waals surface area contributed by atoms with Gasteiger partial charge in [-0.15, -0.1) is 0 Å². The standard InChI is InChI=1S/C24H25ClN4O4/c1-16-6-5-7-19(14-16)33-23-26-21-20(29(23)15-17-8-10-18(25)11-9-17)22(31)28(12-3-4-13-30)24(32)27(21)2/h5-11,14,30H,3-4,12-13,15H2,1-2H3. The molecule has 4 rings (SSSR count). The Hall–Kier alpha value is -3.36. The van der Waals surface area contributed by atoms with E-state index in [1.807, 2.05) is 43.3 Å². The molecular weight excluding hydrogens is 444 g/mol. The number of fused-ring (bicyclic) bond motifs is 1. The van der Waals surface area contributed by atoms with Crippen molar-refractivity contribution in [1.82, 2.24) is 18.7 Å². The number of benzene rings is 2. The molecule has 33 heavy (non-hydrogen) atoms. The van der Waals surface area contributed by atoms with Gasteiger partial charge in [-0.05, 0) is 55.2 Å². The summed E-state index contributed by atoms with van der Waals surface area (Å²) in [6.07, 6.45) is 1.01. The summed E-state index contributed by atoms with van der Waals surface area (Å²) in [5.74, 6) is 0.580. The molecule has 0 atom stereocenters. The first kappa shape index (κ1) is 22.8. The molecule has 1 N–H and O–H groups in total. The van der Waals surface area contributed by atoms with Gasteiger partial charge in [-0.3, -0.25) is 18.5 Å². The van der Waals surface area contributed by atoms with E-state index in [9.17, 15) is 9.59 Å². The zero-order valence-corrected chi connectivity index (χ0v) is 19.2. The molecule has 0 amide bonds. The molecule has 172 valence electrons. The largest absolute Gasteiger partial charge is 0.425 e. The summed E-state index contributed by atoms with van der Waals surface area (Å²) in [4.78, 5) is 30.8. The van der Waals surface area contributed by atoms with Gasteiger partial charge in [-0.1, -0.05) is 35.9 Å². The van der Waals surface area contributed by atoms with Gasteiger partial charge in [0.1, 0.15) is 5.75 Å². The van der Waals surface area contributed by atoms with E-state index in [0.29, 0.717) is 30.2 Å². The van der Waals surface area contributed by atoms with Gasteiger partial charge >= 0.3 is 11.7 Å². The maximum atomic E-state index is 13.4. The zero-order valence-electron chi connectivity index (χ0n) is 18.5. The molecule has 8 nitrogen and oxygen atoms in total. The minimum Gasteiger partial charge on any atom is -0.425 e. The second-order valence-electron chi connectivity index (χ2n) is 7.93. The summed E-state index contributed by atoms with van der Waals surface area (Å²) < 4.78 is 10.3. The summed E-state index contributed by atoms with van der Waals surface area (Å²) in [6, 6.07) is 15.0. The van der Waals surface area contributed by atoms with Gasteiger partial charge in [0.05, 0.1) is 6.54 Å². The number of nitrogens with zero attached hydrogens (tertiary/aromatic N) is 4. The average molecular weight is 469 g/mol. The van der Waals surface area contributed by atoms with Crippen molar-refractivity contribution in [3.8, 4) is 11.8 Å². The number of aliphatic hydroxyl groups excluding tert-OH is 1. The van der Waals surface area contributed by atoms with Crippen LogP contribution in [-0.2, 0) is 20.1 Å². The molecule has 9 heteroatoms. The van der Waals surface area contributed by atoms with Crippen LogP contribution >= 0.6 is 11.6 Å². The van der Waals surface area contributed by atoms with E-state index in [0.717, 1.165) is 11.1 Å². The first-order chi connectivity index (χ1) is 15.9. The maximum absolute atomic E-state index is 13.4. The van der Waals surface area contributed by atoms with Crippen LogP contribution in [0.1, 0.15) is 24.0 Å². The third-order valence-electron chi connectivity index (χ3n) is 5.44. The molecule has 0 aliphatic heterocycles. The van der Waals surface area contributed by atoms with Crippen molar-refractivity contribution in [1.29, 1.82) is 0 Å². The highest BCUT2D eigenvalue weighted by atomic mass is 35.5. The quantitative estimate of drug-likeness (QED) is 0.400. The first-order valence-corrected chi connectivity index (χ1v) is 11.1. The number of unbranched alkanes of at least 4 members (excludes halogenated alkanes) is 1. The highest BCUT2D eigenvalue weighted by Crippen LogP contribution is 2.26. The number of aliphatic hydroxyl groups is 1. The molecular formula is C24H25ClN4O4. The van der Waals surface area contributed by atoms with Crippen molar-refractivity contribution in [3.05, 3.63) is 85.5 Å². The number of rotatable bonds is 8. The van der Waals surface area contributed by atoms with E-state index in [1.165, 1.54) is 9.13 Å². The van der Waals surface area contributed by atoms with E-state index in [2.05, 4.69) is 4.98 Å². The van der Waals surface area contributed by atoms with Crippen LogP contribution in [0.15, 0.2) is 58.1 Å². The first-order valence-electron chi connectivity index (χ1n) is 10.7. The Balaban J connectivity index is 1.90. The highest BCUT2D eigenvalue weighted by molar-refractivity contribution is 6.30. The lowest BCUT2D eigenvalue weighted by molar-refractivity contribution is 0.280. The van der Waals surface area contributed by atoms with Gasteiger partial charge in [0.15, 0.2) is 11.2 Å². The normalized spacial score (nSPS) is 11.3. The second-order valence-corrected chi connectivity index (χ2v) is 8.36. The lowest BCUT2D eigenvalue weighted by Gasteiger charge is -2.12. The summed E-state index contributed by atoms with van der Waals surface area (Å²) in [6.45, 7) is 2.47. The Morgan fingerprint density at radius 1 is 1.06 bits per heavy atom.